The van der Waals surface area contributed by atoms with E-state index in [1.165, 1.54) is 16.2 Å². The average molecular weight is 320 g/mol. The second-order valence-corrected chi connectivity index (χ2v) is 5.93. The lowest BCUT2D eigenvalue weighted by Gasteiger charge is -2.21. The molecule has 1 heterocycles. The summed E-state index contributed by atoms with van der Waals surface area (Å²) >= 11 is 4.58. The van der Waals surface area contributed by atoms with Crippen molar-refractivity contribution in [2.45, 2.75) is 13.8 Å². The van der Waals surface area contributed by atoms with Gasteiger partial charge in [-0.15, -0.1) is 11.3 Å². The van der Waals surface area contributed by atoms with Gasteiger partial charge in [0.1, 0.15) is 6.54 Å². The molecule has 0 radical (unpaired) electrons. The molecule has 1 aromatic heterocycles. The molecule has 1 rings (SSSR count). The van der Waals surface area contributed by atoms with Gasteiger partial charge in [0.15, 0.2) is 0 Å². The minimum absolute atomic E-state index is 0.225. The third-order valence-electron chi connectivity index (χ3n) is 1.98. The largest absolute Gasteiger partial charge is 0.480 e. The molecule has 1 aromatic rings. The van der Waals surface area contributed by atoms with E-state index in [1.807, 2.05) is 19.2 Å². The Balaban J connectivity index is 2.82. The molecule has 0 bridgehead atoms. The van der Waals surface area contributed by atoms with Crippen LogP contribution >= 0.6 is 27.3 Å². The fourth-order valence-corrected chi connectivity index (χ4v) is 2.80. The summed E-state index contributed by atoms with van der Waals surface area (Å²) in [4.78, 5) is 24.7. The molecule has 1 N–H and O–H groups in total. The Morgan fingerprint density at radius 2 is 2.18 bits per heavy atom. The van der Waals surface area contributed by atoms with Crippen LogP contribution in [0.25, 0.3) is 0 Å². The molecule has 6 heteroatoms. The monoisotopic (exact) mass is 319 g/mol. The molecule has 0 saturated heterocycles. The number of halogens is 1. The number of carbonyl (C=O) groups excluding carboxylic acids is 1. The predicted molar refractivity (Wildman–Crippen MR) is 70.4 cm³/mol. The maximum atomic E-state index is 12.1. The molecule has 4 nitrogen and oxygen atoms in total. The maximum absolute atomic E-state index is 12.1. The normalized spacial score (nSPS) is 10.6. The summed E-state index contributed by atoms with van der Waals surface area (Å²) in [5.41, 5.74) is 0. The molecule has 0 aliphatic heterocycles. The van der Waals surface area contributed by atoms with E-state index >= 15 is 0 Å². The molecule has 0 aliphatic rings. The van der Waals surface area contributed by atoms with Crippen molar-refractivity contribution >= 4 is 39.1 Å². The van der Waals surface area contributed by atoms with Gasteiger partial charge in [-0.3, -0.25) is 9.59 Å². The Bertz CT molecular complexity index is 417. The smallest absolute Gasteiger partial charge is 0.323 e. The first kappa shape index (κ1) is 14.2. The number of carbonyl (C=O) groups is 2. The van der Waals surface area contributed by atoms with Gasteiger partial charge in [0, 0.05) is 16.4 Å². The van der Waals surface area contributed by atoms with Crippen LogP contribution in [0.3, 0.4) is 0 Å². The predicted octanol–water partition coefficient (Wildman–Crippen LogP) is 2.69. The molecule has 0 spiro atoms. The highest BCUT2D eigenvalue weighted by Gasteiger charge is 2.20. The SMILES string of the molecule is CC(C)CN(CC(=O)O)C(=O)c1cc(Br)cs1. The summed E-state index contributed by atoms with van der Waals surface area (Å²) in [5, 5.41) is 10.6. The minimum Gasteiger partial charge on any atom is -0.480 e. The Morgan fingerprint density at radius 3 is 2.59 bits per heavy atom. The number of thiophene rings is 1. The van der Waals surface area contributed by atoms with Crippen LogP contribution in [-0.4, -0.2) is 35.0 Å². The van der Waals surface area contributed by atoms with Gasteiger partial charge in [-0.2, -0.15) is 0 Å². The number of carboxylic acids is 1. The third-order valence-corrected chi connectivity index (χ3v) is 3.66. The van der Waals surface area contributed by atoms with E-state index in [1.54, 1.807) is 6.07 Å². The van der Waals surface area contributed by atoms with Gasteiger partial charge in [-0.25, -0.2) is 0 Å². The Kier molecular flexibility index (Phi) is 5.14. The molecular formula is C11H14BrNO3S. The van der Waals surface area contributed by atoms with Gasteiger partial charge < -0.3 is 10.0 Å². The zero-order valence-electron chi connectivity index (χ0n) is 9.64. The molecule has 0 unspecified atom stereocenters. The lowest BCUT2D eigenvalue weighted by molar-refractivity contribution is -0.137. The summed E-state index contributed by atoms with van der Waals surface area (Å²) in [6.45, 7) is 4.09. The summed E-state index contributed by atoms with van der Waals surface area (Å²) in [7, 11) is 0. The van der Waals surface area contributed by atoms with Crippen LogP contribution in [0.2, 0.25) is 0 Å². The first-order chi connectivity index (χ1) is 7.90. The van der Waals surface area contributed by atoms with Crippen LogP contribution < -0.4 is 0 Å². The highest BCUT2D eigenvalue weighted by Crippen LogP contribution is 2.21. The summed E-state index contributed by atoms with van der Waals surface area (Å²) in [6.07, 6.45) is 0. The Labute approximate surface area is 112 Å². The highest BCUT2D eigenvalue weighted by atomic mass is 79.9. The van der Waals surface area contributed by atoms with Crippen molar-refractivity contribution in [3.05, 3.63) is 20.8 Å². The van der Waals surface area contributed by atoms with E-state index in [9.17, 15) is 9.59 Å². The van der Waals surface area contributed by atoms with Gasteiger partial charge in [-0.05, 0) is 27.9 Å². The van der Waals surface area contributed by atoms with E-state index < -0.39 is 5.97 Å². The van der Waals surface area contributed by atoms with Gasteiger partial charge in [-0.1, -0.05) is 13.8 Å². The summed E-state index contributed by atoms with van der Waals surface area (Å²) < 4.78 is 0.839. The zero-order valence-corrected chi connectivity index (χ0v) is 12.0. The topological polar surface area (TPSA) is 57.6 Å². The number of hydrogen-bond donors (Lipinski definition) is 1. The van der Waals surface area contributed by atoms with Gasteiger partial charge in [0.05, 0.1) is 4.88 Å². The molecule has 94 valence electrons. The number of rotatable bonds is 5. The third kappa shape index (κ3) is 4.47. The van der Waals surface area contributed by atoms with Crippen molar-refractivity contribution in [2.24, 2.45) is 5.92 Å². The van der Waals surface area contributed by atoms with Crippen LogP contribution in [0.4, 0.5) is 0 Å². The number of nitrogens with zero attached hydrogens (tertiary/aromatic N) is 1. The quantitative estimate of drug-likeness (QED) is 0.907. The average Bonchev–Trinajstić information content (AvgIpc) is 2.61. The van der Waals surface area contributed by atoms with Crippen molar-refractivity contribution in [3.63, 3.8) is 0 Å². The molecule has 0 atom stereocenters. The second kappa shape index (κ2) is 6.16. The van der Waals surface area contributed by atoms with Crippen LogP contribution in [0.15, 0.2) is 15.9 Å². The van der Waals surface area contributed by atoms with Gasteiger partial charge in [0.2, 0.25) is 0 Å². The summed E-state index contributed by atoms with van der Waals surface area (Å²) in [6, 6.07) is 1.71. The van der Waals surface area contributed by atoms with Gasteiger partial charge in [0.25, 0.3) is 5.91 Å². The molecule has 1 amide bonds. The van der Waals surface area contributed by atoms with E-state index in [0.29, 0.717) is 11.4 Å². The molecule has 0 fully saturated rings. The van der Waals surface area contributed by atoms with Crippen molar-refractivity contribution in [1.82, 2.24) is 4.90 Å². The van der Waals surface area contributed by atoms with Crippen LogP contribution in [0.5, 0.6) is 0 Å². The number of amides is 1. The highest BCUT2D eigenvalue weighted by molar-refractivity contribution is 9.10. The van der Waals surface area contributed by atoms with E-state index in [0.717, 1.165) is 4.47 Å². The van der Waals surface area contributed by atoms with E-state index in [4.69, 9.17) is 5.11 Å². The minimum atomic E-state index is -0.991. The van der Waals surface area contributed by atoms with Crippen molar-refractivity contribution in [1.29, 1.82) is 0 Å². The summed E-state index contributed by atoms with van der Waals surface area (Å²) in [5.74, 6) is -0.979. The van der Waals surface area contributed by atoms with E-state index in [-0.39, 0.29) is 18.4 Å². The standard InChI is InChI=1S/C11H14BrNO3S/c1-7(2)4-13(5-10(14)15)11(16)9-3-8(12)6-17-9/h3,6-7H,4-5H2,1-2H3,(H,14,15). The number of aliphatic carboxylic acids is 1. The molecule has 0 saturated carbocycles. The molecule has 0 aromatic carbocycles. The Morgan fingerprint density at radius 1 is 1.53 bits per heavy atom. The fourth-order valence-electron chi connectivity index (χ4n) is 1.40. The first-order valence-electron chi connectivity index (χ1n) is 5.15. The molecule has 0 aliphatic carbocycles. The lowest BCUT2D eigenvalue weighted by Crippen LogP contribution is -2.37. The van der Waals surface area contributed by atoms with Crippen LogP contribution in [0.1, 0.15) is 23.5 Å². The van der Waals surface area contributed by atoms with Crippen molar-refractivity contribution < 1.29 is 14.7 Å². The zero-order chi connectivity index (χ0) is 13.0. The number of hydrogen-bond acceptors (Lipinski definition) is 3. The van der Waals surface area contributed by atoms with Crippen LogP contribution in [0, 0.1) is 5.92 Å². The number of carboxylic acid groups (broad SMARTS) is 1. The van der Waals surface area contributed by atoms with Gasteiger partial charge >= 0.3 is 5.97 Å². The maximum Gasteiger partial charge on any atom is 0.323 e. The fraction of sp³-hybridized carbons (Fsp3) is 0.455. The van der Waals surface area contributed by atoms with Crippen molar-refractivity contribution in [2.75, 3.05) is 13.1 Å². The second-order valence-electron chi connectivity index (χ2n) is 4.10. The molecule has 17 heavy (non-hydrogen) atoms. The lowest BCUT2D eigenvalue weighted by atomic mass is 10.2. The van der Waals surface area contributed by atoms with E-state index in [2.05, 4.69) is 15.9 Å². The Hall–Kier alpha value is -0.880. The van der Waals surface area contributed by atoms with Crippen LogP contribution in [-0.2, 0) is 4.79 Å². The first-order valence-corrected chi connectivity index (χ1v) is 6.82. The van der Waals surface area contributed by atoms with Crippen molar-refractivity contribution in [3.8, 4) is 0 Å². The molecular weight excluding hydrogens is 306 g/mol.